The number of fused-ring (bicyclic) bond motifs is 4. The van der Waals surface area contributed by atoms with Crippen molar-refractivity contribution in [3.63, 3.8) is 0 Å². The van der Waals surface area contributed by atoms with Gasteiger partial charge in [-0.15, -0.1) is 0 Å². The Morgan fingerprint density at radius 2 is 1.22 bits per heavy atom. The topological polar surface area (TPSA) is 341 Å². The summed E-state index contributed by atoms with van der Waals surface area (Å²) in [4.78, 5) is 116. The van der Waals surface area contributed by atoms with Crippen LogP contribution in [0.5, 0.6) is 28.7 Å². The van der Waals surface area contributed by atoms with Gasteiger partial charge in [0.15, 0.2) is 17.6 Å². The molecule has 0 saturated carbocycles. The summed E-state index contributed by atoms with van der Waals surface area (Å²) in [5.41, 5.74) is 7.87. The smallest absolute Gasteiger partial charge is 0.335 e. The van der Waals surface area contributed by atoms with Crippen molar-refractivity contribution in [2.45, 2.75) is 133 Å². The molecule has 1 saturated heterocycles. The standard InChI is InChI=1S/C73H77N7O19/c1-42-30-52-54(75-37-49-33-48(40-79(49)70(52)89)46-17-19-51(93-2)20-18-46)35-58(42)95-28-8-5-9-29-96-60-36-55-53(34-59(60)94-3)71(90)80-39-47(32-50(80)38-76-55)45-15-11-43(12-16-45)14-24-65(85)97-41-44-13-21-57(98-73-68(88)66(86)67(87)69(99-73)72(91)92)56(31-44)77-62(82)25-26-74-61(81)10-6-4-7-27-78-63(83)22-23-64(78)84/h11-13,15-23,30-31,34-40,49-50,66-69,73,86-88H,4-10,14,24-29,32-33,41H2,1-3H3,(H,74,81)(H,77,82)(H,91,92)/t49-,50-,66-,67-,68?,69?,73+/m0/s1. The molecular weight excluding hydrogens is 1280 g/mol. The minimum Gasteiger partial charge on any atom is -0.497 e. The highest BCUT2D eigenvalue weighted by Gasteiger charge is 2.48. The number of hydrogen-bond acceptors (Lipinski definition) is 20. The van der Waals surface area contributed by atoms with Crippen molar-refractivity contribution in [1.29, 1.82) is 0 Å². The van der Waals surface area contributed by atoms with Crippen molar-refractivity contribution in [2.75, 3.05) is 45.8 Å². The Morgan fingerprint density at radius 3 is 1.86 bits per heavy atom. The van der Waals surface area contributed by atoms with Crippen LogP contribution in [0.25, 0.3) is 11.1 Å². The molecule has 6 amide bonds. The summed E-state index contributed by atoms with van der Waals surface area (Å²) < 4.78 is 40.1. The van der Waals surface area contributed by atoms with Crippen molar-refractivity contribution in [3.05, 3.63) is 154 Å². The molecule has 5 aromatic carbocycles. The van der Waals surface area contributed by atoms with Gasteiger partial charge in [0, 0.05) is 94.3 Å². The fourth-order valence-corrected chi connectivity index (χ4v) is 12.2. The Hall–Kier alpha value is -10.5. The van der Waals surface area contributed by atoms with Gasteiger partial charge in [0.2, 0.25) is 18.1 Å². The second kappa shape index (κ2) is 31.8. The summed E-state index contributed by atoms with van der Waals surface area (Å²) in [5.74, 6) is -2.02. The number of aliphatic carboxylic acids is 1. The molecule has 518 valence electrons. The van der Waals surface area contributed by atoms with Crippen molar-refractivity contribution in [3.8, 4) is 28.7 Å². The average molecular weight is 1360 g/mol. The van der Waals surface area contributed by atoms with Crippen molar-refractivity contribution < 1.29 is 91.9 Å². The van der Waals surface area contributed by atoms with Gasteiger partial charge in [-0.3, -0.25) is 48.4 Å². The first kappa shape index (κ1) is 69.8. The van der Waals surface area contributed by atoms with E-state index in [1.165, 1.54) is 37.5 Å². The van der Waals surface area contributed by atoms with Gasteiger partial charge >= 0.3 is 11.9 Å². The van der Waals surface area contributed by atoms with Gasteiger partial charge in [0.05, 0.1) is 67.7 Å². The molecule has 5 aromatic rings. The predicted octanol–water partition coefficient (Wildman–Crippen LogP) is 7.46. The molecule has 0 aromatic heterocycles. The molecule has 0 radical (unpaired) electrons. The van der Waals surface area contributed by atoms with Crippen LogP contribution in [0.15, 0.2) is 126 Å². The van der Waals surface area contributed by atoms with Crippen LogP contribution in [-0.2, 0) is 51.3 Å². The Morgan fingerprint density at radius 1 is 0.616 bits per heavy atom. The third-order valence-corrected chi connectivity index (χ3v) is 17.8. The molecule has 2 unspecified atom stereocenters. The summed E-state index contributed by atoms with van der Waals surface area (Å²) in [6.45, 7) is 2.70. The zero-order valence-electron chi connectivity index (χ0n) is 54.8. The maximum atomic E-state index is 14.2. The number of nitrogens with zero attached hydrogens (tertiary/aromatic N) is 5. The van der Waals surface area contributed by atoms with Crippen LogP contribution in [-0.4, -0.2) is 178 Å². The van der Waals surface area contributed by atoms with E-state index in [0.29, 0.717) is 97.1 Å². The molecular formula is C73H77N7O19. The number of aliphatic hydroxyl groups excluding tert-OH is 3. The minimum absolute atomic E-state index is 0.00576. The lowest BCUT2D eigenvalue weighted by Gasteiger charge is -2.38. The van der Waals surface area contributed by atoms with Crippen LogP contribution in [0.3, 0.4) is 0 Å². The highest BCUT2D eigenvalue weighted by atomic mass is 16.7. The fourth-order valence-electron chi connectivity index (χ4n) is 12.2. The quantitative estimate of drug-likeness (QED) is 0.0147. The highest BCUT2D eigenvalue weighted by molar-refractivity contribution is 6.13. The SMILES string of the molecule is COc1ccc(C2=CN3C(=O)c4cc(C)c(OCCCCCOc5cc6c(cc5OC)C(=O)N5C=C(c7ccc(CCC(=O)OCc8ccc(O[C@@H]9OC(C(=O)O)[C@@H](O)[C@H](O)C9O)c(NC(=O)CCNC(=O)CCCCCN9C(=O)C=CC9=O)c8)cc7)C[C@H]5C=N6)cc4N=C[C@@H]3C2)cc1. The van der Waals surface area contributed by atoms with Crippen LogP contribution in [0, 0.1) is 6.92 Å². The lowest BCUT2D eigenvalue weighted by atomic mass is 9.99. The Labute approximate surface area is 570 Å². The van der Waals surface area contributed by atoms with Crippen LogP contribution < -0.4 is 34.3 Å². The fraction of sp³-hybridized carbons (Fsp3) is 0.370. The van der Waals surface area contributed by atoms with Gasteiger partial charge in [-0.1, -0.05) is 48.9 Å². The molecule has 7 atom stereocenters. The van der Waals surface area contributed by atoms with E-state index in [9.17, 15) is 58.8 Å². The number of carboxylic acid groups (broad SMARTS) is 1. The number of esters is 1. The number of aliphatic imine (C=N–C) groups is 2. The zero-order valence-corrected chi connectivity index (χ0v) is 54.8. The molecule has 0 bridgehead atoms. The number of unbranched alkanes of at least 4 members (excludes halogenated alkanes) is 4. The monoisotopic (exact) mass is 1360 g/mol. The van der Waals surface area contributed by atoms with E-state index in [1.54, 1.807) is 35.3 Å². The molecule has 26 heteroatoms. The molecule has 11 rings (SSSR count). The Kier molecular flexibility index (Phi) is 22.4. The molecule has 6 heterocycles. The summed E-state index contributed by atoms with van der Waals surface area (Å²) in [6.07, 6.45) is 5.40. The van der Waals surface area contributed by atoms with Crippen LogP contribution >= 0.6 is 0 Å². The van der Waals surface area contributed by atoms with E-state index >= 15 is 0 Å². The van der Waals surface area contributed by atoms with Crippen LogP contribution in [0.1, 0.15) is 119 Å². The molecule has 0 spiro atoms. The van der Waals surface area contributed by atoms with E-state index in [0.717, 1.165) is 63.3 Å². The molecule has 6 aliphatic rings. The number of hydrogen-bond donors (Lipinski definition) is 6. The second-order valence-electron chi connectivity index (χ2n) is 24.6. The average Bonchev–Trinajstić information content (AvgIpc) is 1.72. The number of carboxylic acids is 1. The number of carbonyl (C=O) groups is 8. The number of aryl methyl sites for hydroxylation is 2. The summed E-state index contributed by atoms with van der Waals surface area (Å²) in [6, 6.07) is 26.2. The lowest BCUT2D eigenvalue weighted by Crippen LogP contribution is -2.61. The van der Waals surface area contributed by atoms with Gasteiger partial charge in [-0.2, -0.15) is 0 Å². The number of methoxy groups -OCH3 is 2. The van der Waals surface area contributed by atoms with E-state index < -0.39 is 48.6 Å². The van der Waals surface area contributed by atoms with Crippen LogP contribution in [0.4, 0.5) is 17.1 Å². The minimum atomic E-state index is -1.98. The highest BCUT2D eigenvalue weighted by Crippen LogP contribution is 2.42. The maximum absolute atomic E-state index is 14.2. The largest absolute Gasteiger partial charge is 0.497 e. The third-order valence-electron chi connectivity index (χ3n) is 17.8. The number of nitrogens with one attached hydrogen (secondary N) is 2. The van der Waals surface area contributed by atoms with Gasteiger partial charge in [0.1, 0.15) is 42.2 Å². The van der Waals surface area contributed by atoms with E-state index in [-0.39, 0.29) is 92.0 Å². The maximum Gasteiger partial charge on any atom is 0.335 e. The zero-order chi connectivity index (χ0) is 69.9. The van der Waals surface area contributed by atoms with Gasteiger partial charge in [-0.05, 0) is 121 Å². The number of aliphatic hydroxyl groups is 3. The number of benzene rings is 5. The number of carbonyl (C=O) groups excluding carboxylic acids is 7. The molecule has 99 heavy (non-hydrogen) atoms. The first-order valence-electron chi connectivity index (χ1n) is 32.8. The molecule has 1 fully saturated rings. The first-order valence-corrected chi connectivity index (χ1v) is 32.8. The second-order valence-corrected chi connectivity index (χ2v) is 24.6. The van der Waals surface area contributed by atoms with Crippen molar-refractivity contribution in [1.82, 2.24) is 20.0 Å². The van der Waals surface area contributed by atoms with Gasteiger partial charge < -0.3 is 74.0 Å². The Bertz CT molecular complexity index is 4050. The van der Waals surface area contributed by atoms with E-state index in [4.69, 9.17) is 43.1 Å². The number of imide groups is 1. The third kappa shape index (κ3) is 16.7. The summed E-state index contributed by atoms with van der Waals surface area (Å²) in [5, 5.41) is 46.2. The number of rotatable bonds is 30. The summed E-state index contributed by atoms with van der Waals surface area (Å²) in [7, 11) is 3.15. The Balaban J connectivity index is 0.624. The van der Waals surface area contributed by atoms with E-state index in [1.807, 2.05) is 86.2 Å². The normalized spacial score (nSPS) is 20.4. The van der Waals surface area contributed by atoms with E-state index in [2.05, 4.69) is 10.6 Å². The molecule has 6 aliphatic heterocycles. The molecule has 26 nitrogen and oxygen atoms in total. The number of ether oxygens (including phenoxy) is 7. The van der Waals surface area contributed by atoms with Crippen molar-refractivity contribution >= 4 is 88.0 Å². The van der Waals surface area contributed by atoms with Crippen molar-refractivity contribution in [2.24, 2.45) is 9.98 Å². The summed E-state index contributed by atoms with van der Waals surface area (Å²) >= 11 is 0. The predicted molar refractivity (Wildman–Crippen MR) is 360 cm³/mol. The first-order chi connectivity index (χ1) is 47.8. The van der Waals surface area contributed by atoms with Gasteiger partial charge in [0.25, 0.3) is 23.6 Å². The van der Waals surface area contributed by atoms with Crippen LogP contribution in [0.2, 0.25) is 0 Å². The lowest BCUT2D eigenvalue weighted by molar-refractivity contribution is -0.271. The molecule has 6 N–H and O–H groups in total. The van der Waals surface area contributed by atoms with Gasteiger partial charge in [-0.25, -0.2) is 4.79 Å². The number of amides is 6. The molecule has 0 aliphatic carbocycles. The number of anilines is 1.